The van der Waals surface area contributed by atoms with Gasteiger partial charge in [-0.1, -0.05) is 32.0 Å². The van der Waals surface area contributed by atoms with Crippen molar-refractivity contribution in [3.63, 3.8) is 0 Å². The van der Waals surface area contributed by atoms with Gasteiger partial charge in [0.15, 0.2) is 5.69 Å². The lowest BCUT2D eigenvalue weighted by Crippen LogP contribution is -2.41. The van der Waals surface area contributed by atoms with Crippen molar-refractivity contribution in [2.75, 3.05) is 46.5 Å². The van der Waals surface area contributed by atoms with Gasteiger partial charge in [0.2, 0.25) is 5.89 Å². The number of amides is 1. The van der Waals surface area contributed by atoms with Crippen LogP contribution in [0.5, 0.6) is 5.75 Å². The van der Waals surface area contributed by atoms with Gasteiger partial charge in [-0.25, -0.2) is 4.98 Å². The minimum absolute atomic E-state index is 0.207. The van der Waals surface area contributed by atoms with Crippen molar-refractivity contribution in [3.8, 4) is 5.75 Å². The number of carbonyl (C=O) groups is 1. The molecular weight excluding hydrogens is 408 g/mol. The number of nitrogens with one attached hydrogen (secondary N) is 1. The number of para-hydroxylation sites is 1. The first kappa shape index (κ1) is 24.2. The largest absolute Gasteiger partial charge is 0.496 e. The second-order valence-corrected chi connectivity index (χ2v) is 8.54. The van der Waals surface area contributed by atoms with Crippen LogP contribution < -0.4 is 10.1 Å². The maximum atomic E-state index is 12.5. The van der Waals surface area contributed by atoms with E-state index in [0.717, 1.165) is 44.2 Å². The summed E-state index contributed by atoms with van der Waals surface area (Å²) in [5.41, 5.74) is 1.42. The lowest BCUT2D eigenvalue weighted by atomic mass is 10.0. The molecule has 0 radical (unpaired) electrons. The summed E-state index contributed by atoms with van der Waals surface area (Å²) in [6, 6.07) is 8.31. The molecule has 1 aliphatic heterocycles. The Kier molecular flexibility index (Phi) is 9.08. The summed E-state index contributed by atoms with van der Waals surface area (Å²) in [4.78, 5) is 21.5. The second kappa shape index (κ2) is 12.0. The van der Waals surface area contributed by atoms with Crippen LogP contribution in [-0.4, -0.2) is 73.2 Å². The van der Waals surface area contributed by atoms with E-state index < -0.39 is 0 Å². The van der Waals surface area contributed by atoms with E-state index in [-0.39, 0.29) is 11.9 Å². The minimum Gasteiger partial charge on any atom is -0.496 e. The zero-order valence-electron chi connectivity index (χ0n) is 19.7. The van der Waals surface area contributed by atoms with Crippen LogP contribution in [0.4, 0.5) is 0 Å². The van der Waals surface area contributed by atoms with E-state index in [9.17, 15) is 4.79 Å². The number of ether oxygens (including phenoxy) is 2. The van der Waals surface area contributed by atoms with E-state index >= 15 is 0 Å². The maximum absolute atomic E-state index is 12.5. The Morgan fingerprint density at radius 2 is 1.97 bits per heavy atom. The fourth-order valence-corrected chi connectivity index (χ4v) is 3.72. The first-order valence-electron chi connectivity index (χ1n) is 11.4. The molecule has 1 fully saturated rings. The zero-order valence-corrected chi connectivity index (χ0v) is 19.7. The number of hydrogen-bond acceptors (Lipinski definition) is 7. The van der Waals surface area contributed by atoms with Crippen molar-refractivity contribution in [1.82, 2.24) is 20.1 Å². The van der Waals surface area contributed by atoms with Crippen LogP contribution in [0.3, 0.4) is 0 Å². The summed E-state index contributed by atoms with van der Waals surface area (Å²) in [6.07, 6.45) is 1.45. The van der Waals surface area contributed by atoms with Crippen molar-refractivity contribution < 1.29 is 18.7 Å². The predicted octanol–water partition coefficient (Wildman–Crippen LogP) is 2.79. The molecule has 1 aliphatic rings. The third-order valence-electron chi connectivity index (χ3n) is 6.05. The molecule has 1 amide bonds. The molecule has 32 heavy (non-hydrogen) atoms. The molecule has 8 heteroatoms. The summed E-state index contributed by atoms with van der Waals surface area (Å²) in [5, 5.41) is 2.93. The third kappa shape index (κ3) is 6.79. The highest BCUT2D eigenvalue weighted by atomic mass is 16.5. The van der Waals surface area contributed by atoms with Crippen LogP contribution in [0.1, 0.15) is 42.7 Å². The molecule has 8 nitrogen and oxygen atoms in total. The first-order valence-corrected chi connectivity index (χ1v) is 11.4. The van der Waals surface area contributed by atoms with Crippen LogP contribution >= 0.6 is 0 Å². The highest BCUT2D eigenvalue weighted by molar-refractivity contribution is 5.91. The number of rotatable bonds is 11. The van der Waals surface area contributed by atoms with Gasteiger partial charge in [-0.15, -0.1) is 0 Å². The molecule has 2 heterocycles. The average Bonchev–Trinajstić information content (AvgIpc) is 3.28. The summed E-state index contributed by atoms with van der Waals surface area (Å²) >= 11 is 0. The topological polar surface area (TPSA) is 80.1 Å². The molecule has 1 saturated heterocycles. The fraction of sp³-hybridized carbons (Fsp3) is 0.583. The predicted molar refractivity (Wildman–Crippen MR) is 123 cm³/mol. The molecule has 176 valence electrons. The highest BCUT2D eigenvalue weighted by Gasteiger charge is 2.22. The fourth-order valence-electron chi connectivity index (χ4n) is 3.72. The minimum atomic E-state index is -0.207. The molecule has 0 bridgehead atoms. The van der Waals surface area contributed by atoms with E-state index in [0.29, 0.717) is 37.1 Å². The van der Waals surface area contributed by atoms with Crippen LogP contribution in [0, 0.1) is 5.92 Å². The Hall–Kier alpha value is -2.42. The summed E-state index contributed by atoms with van der Waals surface area (Å²) in [6.45, 7) is 12.5. The van der Waals surface area contributed by atoms with Gasteiger partial charge < -0.3 is 19.2 Å². The Labute approximate surface area is 190 Å². The molecule has 1 aromatic carbocycles. The number of nitrogens with zero attached hydrogens (tertiary/aromatic N) is 3. The van der Waals surface area contributed by atoms with Crippen molar-refractivity contribution in [2.24, 2.45) is 5.92 Å². The Bertz CT molecular complexity index is 848. The molecule has 3 rings (SSSR count). The van der Waals surface area contributed by atoms with Gasteiger partial charge in [0, 0.05) is 44.3 Å². The summed E-state index contributed by atoms with van der Waals surface area (Å²) < 4.78 is 16.5. The summed E-state index contributed by atoms with van der Waals surface area (Å²) in [5.74, 6) is 1.64. The molecule has 1 N–H and O–H groups in total. The molecule has 0 saturated carbocycles. The molecule has 1 atom stereocenters. The van der Waals surface area contributed by atoms with Crippen LogP contribution in [0.25, 0.3) is 0 Å². The smallest absolute Gasteiger partial charge is 0.273 e. The van der Waals surface area contributed by atoms with Gasteiger partial charge in [0.05, 0.1) is 26.9 Å². The van der Waals surface area contributed by atoms with Crippen LogP contribution in [-0.2, 0) is 17.8 Å². The second-order valence-electron chi connectivity index (χ2n) is 8.54. The number of carbonyl (C=O) groups excluding carboxylic acids is 1. The van der Waals surface area contributed by atoms with Gasteiger partial charge >= 0.3 is 0 Å². The number of morpholine rings is 1. The van der Waals surface area contributed by atoms with Gasteiger partial charge in [-0.2, -0.15) is 0 Å². The van der Waals surface area contributed by atoms with Crippen LogP contribution in [0.2, 0.25) is 0 Å². The molecule has 0 spiro atoms. The number of aromatic nitrogens is 1. The van der Waals surface area contributed by atoms with Crippen molar-refractivity contribution >= 4 is 5.91 Å². The maximum Gasteiger partial charge on any atom is 0.273 e. The third-order valence-corrected chi connectivity index (χ3v) is 6.05. The standard InChI is InChI=1S/C24H36N4O4/c1-18(2)19(3)28(15-20-7-5-6-8-22(20)30-4)16-23-26-21(17-32-23)24(29)25-9-10-27-11-13-31-14-12-27/h5-8,17-19H,9-16H2,1-4H3,(H,25,29)/t19-/m1/s1. The molecule has 0 unspecified atom stereocenters. The van der Waals surface area contributed by atoms with E-state index in [1.165, 1.54) is 6.26 Å². The normalized spacial score (nSPS) is 15.8. The Morgan fingerprint density at radius 1 is 1.22 bits per heavy atom. The van der Waals surface area contributed by atoms with Crippen molar-refractivity contribution in [2.45, 2.75) is 39.9 Å². The highest BCUT2D eigenvalue weighted by Crippen LogP contribution is 2.23. The summed E-state index contributed by atoms with van der Waals surface area (Å²) in [7, 11) is 1.69. The first-order chi connectivity index (χ1) is 15.5. The number of methoxy groups -OCH3 is 1. The Balaban J connectivity index is 1.59. The van der Waals surface area contributed by atoms with Crippen LogP contribution in [0.15, 0.2) is 34.9 Å². The van der Waals surface area contributed by atoms with Gasteiger partial charge in [-0.05, 0) is 18.9 Å². The number of benzene rings is 1. The molecular formula is C24H36N4O4. The van der Waals surface area contributed by atoms with Gasteiger partial charge in [-0.3, -0.25) is 14.6 Å². The molecule has 2 aromatic rings. The van der Waals surface area contributed by atoms with E-state index in [1.807, 2.05) is 18.2 Å². The quantitative estimate of drug-likeness (QED) is 0.571. The number of oxazole rings is 1. The lowest BCUT2D eigenvalue weighted by Gasteiger charge is -2.31. The molecule has 0 aliphatic carbocycles. The van der Waals surface area contributed by atoms with Gasteiger partial charge in [0.1, 0.15) is 12.0 Å². The van der Waals surface area contributed by atoms with Crippen molar-refractivity contribution in [3.05, 3.63) is 47.7 Å². The number of hydrogen-bond donors (Lipinski definition) is 1. The van der Waals surface area contributed by atoms with E-state index in [2.05, 4.69) is 46.9 Å². The van der Waals surface area contributed by atoms with E-state index in [1.54, 1.807) is 7.11 Å². The molecule has 1 aromatic heterocycles. The zero-order chi connectivity index (χ0) is 22.9. The van der Waals surface area contributed by atoms with Gasteiger partial charge in [0.25, 0.3) is 5.91 Å². The lowest BCUT2D eigenvalue weighted by molar-refractivity contribution is 0.0383. The van der Waals surface area contributed by atoms with Crippen molar-refractivity contribution in [1.29, 1.82) is 0 Å². The Morgan fingerprint density at radius 3 is 2.69 bits per heavy atom. The monoisotopic (exact) mass is 444 g/mol. The average molecular weight is 445 g/mol. The van der Waals surface area contributed by atoms with E-state index in [4.69, 9.17) is 13.9 Å². The SMILES string of the molecule is COc1ccccc1CN(Cc1nc(C(=O)NCCN2CCOCC2)co1)[C@H](C)C(C)C.